The fraction of sp³-hybridized carbons (Fsp3) is 0.250. The number of phenols is 2. The summed E-state index contributed by atoms with van der Waals surface area (Å²) in [6.07, 6.45) is 6.54. The molecule has 0 atom stereocenters. The average Bonchev–Trinajstić information content (AvgIpc) is 3.01. The van der Waals surface area contributed by atoms with Crippen molar-refractivity contribution in [3.63, 3.8) is 0 Å². The largest absolute Gasteiger partial charge is 0.508 e. The van der Waals surface area contributed by atoms with E-state index in [-0.39, 0.29) is 11.5 Å². The summed E-state index contributed by atoms with van der Waals surface area (Å²) in [4.78, 5) is 0. The summed E-state index contributed by atoms with van der Waals surface area (Å²) in [6, 6.07) is 14.2. The number of benzene rings is 2. The first-order valence-corrected chi connectivity index (χ1v) is 8.34. The Hall–Kier alpha value is -2.75. The van der Waals surface area contributed by atoms with E-state index in [0.717, 1.165) is 29.8 Å². The van der Waals surface area contributed by atoms with Gasteiger partial charge in [-0.05, 0) is 66.9 Å². The first-order chi connectivity index (χ1) is 11.7. The highest BCUT2D eigenvalue weighted by molar-refractivity contribution is 5.64. The van der Waals surface area contributed by atoms with Crippen LogP contribution in [0, 0.1) is 0 Å². The second kappa shape index (κ2) is 7.21. The fourth-order valence-corrected chi connectivity index (χ4v) is 2.76. The zero-order chi connectivity index (χ0) is 16.9. The Bertz CT molecular complexity index is 790. The number of rotatable bonds is 6. The maximum atomic E-state index is 9.51. The molecule has 1 aromatic heterocycles. The van der Waals surface area contributed by atoms with E-state index in [9.17, 15) is 10.2 Å². The van der Waals surface area contributed by atoms with E-state index < -0.39 is 0 Å². The van der Waals surface area contributed by atoms with Crippen molar-refractivity contribution in [2.45, 2.75) is 32.6 Å². The zero-order valence-electron chi connectivity index (χ0n) is 13.8. The smallest absolute Gasteiger partial charge is 0.115 e. The first-order valence-electron chi connectivity index (χ1n) is 8.34. The van der Waals surface area contributed by atoms with Gasteiger partial charge in [0.1, 0.15) is 11.5 Å². The van der Waals surface area contributed by atoms with Crippen molar-refractivity contribution in [3.8, 4) is 28.4 Å². The van der Waals surface area contributed by atoms with E-state index in [4.69, 9.17) is 5.10 Å². The van der Waals surface area contributed by atoms with Crippen LogP contribution in [-0.2, 0) is 6.42 Å². The van der Waals surface area contributed by atoms with Crippen molar-refractivity contribution in [1.29, 1.82) is 0 Å². The Morgan fingerprint density at radius 3 is 2.12 bits per heavy atom. The van der Waals surface area contributed by atoms with Crippen LogP contribution in [0.1, 0.15) is 31.7 Å². The van der Waals surface area contributed by atoms with Gasteiger partial charge in [-0.25, -0.2) is 4.68 Å². The Morgan fingerprint density at radius 2 is 1.50 bits per heavy atom. The second-order valence-electron chi connectivity index (χ2n) is 5.97. The summed E-state index contributed by atoms with van der Waals surface area (Å²) < 4.78 is 1.85. The number of aromatic nitrogens is 2. The molecule has 0 fully saturated rings. The van der Waals surface area contributed by atoms with E-state index in [1.54, 1.807) is 24.3 Å². The number of aryl methyl sites for hydroxylation is 1. The van der Waals surface area contributed by atoms with Gasteiger partial charge in [-0.15, -0.1) is 0 Å². The molecule has 0 aliphatic heterocycles. The number of aromatic hydroxyl groups is 2. The van der Waals surface area contributed by atoms with E-state index in [1.165, 1.54) is 18.4 Å². The zero-order valence-corrected chi connectivity index (χ0v) is 13.8. The van der Waals surface area contributed by atoms with E-state index in [0.29, 0.717) is 0 Å². The number of unbranched alkanes of at least 4 members (excludes halogenated alkanes) is 2. The summed E-state index contributed by atoms with van der Waals surface area (Å²) in [5.41, 5.74) is 4.05. The molecule has 0 unspecified atom stereocenters. The van der Waals surface area contributed by atoms with Crippen molar-refractivity contribution in [2.24, 2.45) is 0 Å². The van der Waals surface area contributed by atoms with Crippen LogP contribution >= 0.6 is 0 Å². The van der Waals surface area contributed by atoms with Crippen molar-refractivity contribution in [3.05, 3.63) is 60.3 Å². The number of phenolic OH excluding ortho intramolecular Hbond substituents is 2. The van der Waals surface area contributed by atoms with Gasteiger partial charge in [0.05, 0.1) is 11.4 Å². The normalized spacial score (nSPS) is 10.9. The van der Waals surface area contributed by atoms with Crippen LogP contribution < -0.4 is 0 Å². The van der Waals surface area contributed by atoms with Gasteiger partial charge in [-0.3, -0.25) is 0 Å². The third kappa shape index (κ3) is 3.59. The lowest BCUT2D eigenvalue weighted by atomic mass is 10.0. The minimum absolute atomic E-state index is 0.243. The lowest BCUT2D eigenvalue weighted by molar-refractivity contribution is 0.475. The average molecular weight is 322 g/mol. The van der Waals surface area contributed by atoms with Crippen molar-refractivity contribution in [2.75, 3.05) is 0 Å². The van der Waals surface area contributed by atoms with Gasteiger partial charge in [0.15, 0.2) is 0 Å². The van der Waals surface area contributed by atoms with Crippen LogP contribution in [0.5, 0.6) is 11.5 Å². The molecule has 2 N–H and O–H groups in total. The Morgan fingerprint density at radius 1 is 0.875 bits per heavy atom. The Balaban J connectivity index is 1.98. The highest BCUT2D eigenvalue weighted by Gasteiger charge is 2.12. The standard InChI is InChI=1S/C20H22N2O2/c1-2-3-4-5-16-14-22(17-8-12-19(24)13-9-17)21-20(16)15-6-10-18(23)11-7-15/h6-14,23-24H,2-5H2,1H3. The van der Waals surface area contributed by atoms with Crippen LogP contribution in [0.3, 0.4) is 0 Å². The molecule has 0 bridgehead atoms. The minimum atomic E-state index is 0.243. The summed E-state index contributed by atoms with van der Waals surface area (Å²) in [7, 11) is 0. The lowest BCUT2D eigenvalue weighted by Gasteiger charge is -2.02. The first kappa shape index (κ1) is 16.1. The molecule has 24 heavy (non-hydrogen) atoms. The third-order valence-electron chi connectivity index (χ3n) is 4.09. The van der Waals surface area contributed by atoms with Gasteiger partial charge in [0, 0.05) is 11.8 Å². The molecule has 0 aliphatic carbocycles. The number of hydrogen-bond donors (Lipinski definition) is 2. The molecule has 3 rings (SSSR count). The molecular weight excluding hydrogens is 300 g/mol. The molecule has 0 saturated heterocycles. The predicted molar refractivity (Wildman–Crippen MR) is 95.6 cm³/mol. The third-order valence-corrected chi connectivity index (χ3v) is 4.09. The molecule has 4 nitrogen and oxygen atoms in total. The Kier molecular flexibility index (Phi) is 4.85. The molecule has 0 aliphatic rings. The molecule has 0 radical (unpaired) electrons. The van der Waals surface area contributed by atoms with Gasteiger partial charge in [0.2, 0.25) is 0 Å². The summed E-state index contributed by atoms with van der Waals surface area (Å²) in [5.74, 6) is 0.497. The molecular formula is C20H22N2O2. The van der Waals surface area contributed by atoms with E-state index in [2.05, 4.69) is 13.1 Å². The van der Waals surface area contributed by atoms with Crippen molar-refractivity contribution < 1.29 is 10.2 Å². The number of nitrogens with zero attached hydrogens (tertiary/aromatic N) is 2. The van der Waals surface area contributed by atoms with Crippen LogP contribution in [0.2, 0.25) is 0 Å². The fourth-order valence-electron chi connectivity index (χ4n) is 2.76. The predicted octanol–water partition coefficient (Wildman–Crippen LogP) is 4.68. The van der Waals surface area contributed by atoms with Gasteiger partial charge in [-0.1, -0.05) is 19.8 Å². The SMILES string of the molecule is CCCCCc1cn(-c2ccc(O)cc2)nc1-c1ccc(O)cc1. The monoisotopic (exact) mass is 322 g/mol. The number of hydrogen-bond acceptors (Lipinski definition) is 3. The van der Waals surface area contributed by atoms with E-state index >= 15 is 0 Å². The molecule has 0 spiro atoms. The summed E-state index contributed by atoms with van der Waals surface area (Å²) in [5, 5.41) is 23.7. The molecule has 2 aromatic carbocycles. The highest BCUT2D eigenvalue weighted by atomic mass is 16.3. The molecule has 0 saturated carbocycles. The second-order valence-corrected chi connectivity index (χ2v) is 5.97. The summed E-state index contributed by atoms with van der Waals surface area (Å²) >= 11 is 0. The van der Waals surface area contributed by atoms with Gasteiger partial charge >= 0.3 is 0 Å². The topological polar surface area (TPSA) is 58.3 Å². The van der Waals surface area contributed by atoms with Gasteiger partial charge in [-0.2, -0.15) is 5.10 Å². The highest BCUT2D eigenvalue weighted by Crippen LogP contribution is 2.27. The maximum absolute atomic E-state index is 9.51. The molecule has 4 heteroatoms. The minimum Gasteiger partial charge on any atom is -0.508 e. The lowest BCUT2D eigenvalue weighted by Crippen LogP contribution is -1.94. The van der Waals surface area contributed by atoms with Crippen LogP contribution in [0.15, 0.2) is 54.7 Å². The van der Waals surface area contributed by atoms with Crippen LogP contribution in [0.25, 0.3) is 16.9 Å². The maximum Gasteiger partial charge on any atom is 0.115 e. The summed E-state index contributed by atoms with van der Waals surface area (Å²) in [6.45, 7) is 2.20. The van der Waals surface area contributed by atoms with Crippen LogP contribution in [0.4, 0.5) is 0 Å². The van der Waals surface area contributed by atoms with Gasteiger partial charge in [0.25, 0.3) is 0 Å². The molecule has 1 heterocycles. The molecule has 3 aromatic rings. The molecule has 124 valence electrons. The molecule has 0 amide bonds. The van der Waals surface area contributed by atoms with Crippen molar-refractivity contribution in [1.82, 2.24) is 9.78 Å². The Labute approximate surface area is 142 Å². The quantitative estimate of drug-likeness (QED) is 0.648. The van der Waals surface area contributed by atoms with E-state index in [1.807, 2.05) is 28.9 Å². The van der Waals surface area contributed by atoms with Gasteiger partial charge < -0.3 is 10.2 Å². The van der Waals surface area contributed by atoms with Crippen LogP contribution in [-0.4, -0.2) is 20.0 Å². The van der Waals surface area contributed by atoms with Crippen molar-refractivity contribution >= 4 is 0 Å².